The molecule has 0 saturated carbocycles. The molecule has 1 heterocycles. The van der Waals surface area contributed by atoms with Gasteiger partial charge in [0.1, 0.15) is 36.6 Å². The van der Waals surface area contributed by atoms with Crippen LogP contribution >= 0.6 is 0 Å². The summed E-state index contributed by atoms with van der Waals surface area (Å²) in [6.45, 7) is 3.39. The minimum absolute atomic E-state index is 0.217. The van der Waals surface area contributed by atoms with Crippen LogP contribution in [0.2, 0.25) is 0 Å². The number of nitrogens with one attached hydrogen (secondary N) is 1. The maximum atomic E-state index is 13.1. The number of hydrogen-bond donors (Lipinski definition) is 8. The predicted molar refractivity (Wildman–Crippen MR) is 256 cm³/mol. The summed E-state index contributed by atoms with van der Waals surface area (Å²) in [6, 6.07) is -1.20. The van der Waals surface area contributed by atoms with Crippen LogP contribution in [0.5, 0.6) is 0 Å². The fraction of sp³-hybridized carbons (Fsp3) is 0.827. The first-order chi connectivity index (χ1) is 30.7. The number of carbonyl (C=O) groups is 1. The largest absolute Gasteiger partial charge is 0.394 e. The third-order valence-corrected chi connectivity index (χ3v) is 12.1. The van der Waals surface area contributed by atoms with Gasteiger partial charge in [-0.2, -0.15) is 0 Å². The van der Waals surface area contributed by atoms with Crippen LogP contribution in [0.4, 0.5) is 0 Å². The molecular formula is C52H95NO10. The van der Waals surface area contributed by atoms with E-state index in [2.05, 4.69) is 67.8 Å². The Morgan fingerprint density at radius 2 is 0.952 bits per heavy atom. The molecule has 0 aromatic heterocycles. The summed E-state index contributed by atoms with van der Waals surface area (Å²) in [6.07, 6.45) is 38.9. The van der Waals surface area contributed by atoms with Crippen molar-refractivity contribution in [1.29, 1.82) is 0 Å². The van der Waals surface area contributed by atoms with E-state index >= 15 is 0 Å². The zero-order valence-corrected chi connectivity index (χ0v) is 39.8. The topological polar surface area (TPSA) is 189 Å². The highest BCUT2D eigenvalue weighted by molar-refractivity contribution is 5.80. The van der Waals surface area contributed by atoms with Gasteiger partial charge >= 0.3 is 0 Å². The molecule has 9 unspecified atom stereocenters. The van der Waals surface area contributed by atoms with Gasteiger partial charge in [-0.3, -0.25) is 4.79 Å². The lowest BCUT2D eigenvalue weighted by Crippen LogP contribution is -2.60. The number of amides is 1. The Morgan fingerprint density at radius 3 is 1.41 bits per heavy atom. The summed E-state index contributed by atoms with van der Waals surface area (Å²) in [5, 5.41) is 75.7. The molecule has 1 saturated heterocycles. The molecule has 11 heteroatoms. The van der Waals surface area contributed by atoms with E-state index in [1.165, 1.54) is 116 Å². The Morgan fingerprint density at radius 1 is 0.540 bits per heavy atom. The monoisotopic (exact) mass is 894 g/mol. The molecule has 11 nitrogen and oxygen atoms in total. The molecule has 1 amide bonds. The van der Waals surface area contributed by atoms with Crippen LogP contribution in [0.3, 0.4) is 0 Å². The normalized spacial score (nSPS) is 21.6. The molecule has 0 aromatic rings. The van der Waals surface area contributed by atoms with Crippen molar-refractivity contribution < 1.29 is 50.0 Å². The summed E-state index contributed by atoms with van der Waals surface area (Å²) in [5.74, 6) is -0.731. The zero-order chi connectivity index (χ0) is 46.2. The van der Waals surface area contributed by atoms with Crippen LogP contribution in [0.1, 0.15) is 206 Å². The molecule has 0 aliphatic carbocycles. The van der Waals surface area contributed by atoms with Crippen molar-refractivity contribution in [2.24, 2.45) is 0 Å². The second kappa shape index (κ2) is 41.5. The summed E-state index contributed by atoms with van der Waals surface area (Å²) in [5.41, 5.74) is 0. The highest BCUT2D eigenvalue weighted by Gasteiger charge is 2.44. The number of ether oxygens (including phenoxy) is 2. The van der Waals surface area contributed by atoms with Crippen LogP contribution in [0.25, 0.3) is 0 Å². The van der Waals surface area contributed by atoms with Gasteiger partial charge in [-0.1, -0.05) is 165 Å². The minimum Gasteiger partial charge on any atom is -0.394 e. The van der Waals surface area contributed by atoms with Gasteiger partial charge in [0.15, 0.2) is 6.29 Å². The average Bonchev–Trinajstić information content (AvgIpc) is 3.28. The molecular weight excluding hydrogens is 799 g/mol. The third-order valence-electron chi connectivity index (χ3n) is 12.1. The molecule has 0 spiro atoms. The quantitative estimate of drug-likeness (QED) is 0.0217. The second-order valence-corrected chi connectivity index (χ2v) is 17.9. The van der Waals surface area contributed by atoms with Gasteiger partial charge in [-0.25, -0.2) is 0 Å². The first kappa shape index (κ1) is 59.1. The molecule has 1 rings (SSSR count). The van der Waals surface area contributed by atoms with Gasteiger partial charge in [0.25, 0.3) is 0 Å². The SMILES string of the molecule is CCCCCCCC/C=C\CCCCC(O)C(=O)NC(COC1OC(CO)C(O)C(O)C1O)C(O)C(O)CCC/C=C/CC/C=C/CC/C=C/CCCCCCCCCCCCC. The van der Waals surface area contributed by atoms with Crippen molar-refractivity contribution in [1.82, 2.24) is 5.32 Å². The van der Waals surface area contributed by atoms with Crippen molar-refractivity contribution in [3.63, 3.8) is 0 Å². The number of rotatable bonds is 42. The number of carbonyl (C=O) groups excluding carboxylic acids is 1. The standard InChI is InChI=1S/C52H95NO10/c1-3-5-7-9-11-13-15-17-18-19-20-21-22-23-24-25-26-27-28-30-31-33-35-37-39-44(55)47(57)43(42-62-52-50(60)49(59)48(58)46(41-54)63-52)53-51(61)45(56)40-38-36-34-32-29-16-14-12-10-8-6-4-2/h22-23,26-27,29,31-33,43-50,52,54-60H,3-21,24-25,28,30,34-42H2,1-2H3,(H,53,61)/b23-22+,27-26+,32-29-,33-31+. The van der Waals surface area contributed by atoms with E-state index in [0.717, 1.165) is 44.9 Å². The van der Waals surface area contributed by atoms with Crippen LogP contribution in [0.15, 0.2) is 48.6 Å². The van der Waals surface area contributed by atoms with Crippen molar-refractivity contribution in [2.45, 2.75) is 262 Å². The molecule has 1 aliphatic rings. The van der Waals surface area contributed by atoms with Crippen LogP contribution in [-0.4, -0.2) is 110 Å². The minimum atomic E-state index is -1.68. The summed E-state index contributed by atoms with van der Waals surface area (Å²) in [7, 11) is 0. The summed E-state index contributed by atoms with van der Waals surface area (Å²) in [4.78, 5) is 13.1. The van der Waals surface area contributed by atoms with Gasteiger partial charge < -0.3 is 50.5 Å². The van der Waals surface area contributed by atoms with Gasteiger partial charge in [-0.15, -0.1) is 0 Å². The molecule has 63 heavy (non-hydrogen) atoms. The average molecular weight is 894 g/mol. The lowest BCUT2D eigenvalue weighted by atomic mass is 9.98. The third kappa shape index (κ3) is 30.8. The Kier molecular flexibility index (Phi) is 38.9. The molecule has 1 fully saturated rings. The van der Waals surface area contributed by atoms with Crippen molar-refractivity contribution in [3.8, 4) is 0 Å². The van der Waals surface area contributed by atoms with Crippen LogP contribution < -0.4 is 5.32 Å². The Balaban J connectivity index is 2.42. The number of hydrogen-bond acceptors (Lipinski definition) is 10. The summed E-state index contributed by atoms with van der Waals surface area (Å²) < 4.78 is 11.1. The van der Waals surface area contributed by atoms with E-state index in [-0.39, 0.29) is 12.8 Å². The molecule has 0 aromatic carbocycles. The van der Waals surface area contributed by atoms with E-state index in [4.69, 9.17) is 9.47 Å². The number of aliphatic hydroxyl groups is 7. The lowest BCUT2D eigenvalue weighted by Gasteiger charge is -2.40. The van der Waals surface area contributed by atoms with Gasteiger partial charge in [-0.05, 0) is 89.9 Å². The van der Waals surface area contributed by atoms with Crippen molar-refractivity contribution in [2.75, 3.05) is 13.2 Å². The predicted octanol–water partition coefficient (Wildman–Crippen LogP) is 9.34. The molecule has 1 aliphatic heterocycles. The molecule has 368 valence electrons. The van der Waals surface area contributed by atoms with E-state index in [9.17, 15) is 40.5 Å². The molecule has 0 radical (unpaired) electrons. The highest BCUT2D eigenvalue weighted by atomic mass is 16.7. The number of unbranched alkanes of at least 4 members (excludes halogenated alkanes) is 22. The smallest absolute Gasteiger partial charge is 0.249 e. The lowest BCUT2D eigenvalue weighted by molar-refractivity contribution is -0.303. The van der Waals surface area contributed by atoms with Gasteiger partial charge in [0.05, 0.1) is 25.4 Å². The number of allylic oxidation sites excluding steroid dienone is 8. The van der Waals surface area contributed by atoms with Crippen LogP contribution in [-0.2, 0) is 14.3 Å². The van der Waals surface area contributed by atoms with Crippen molar-refractivity contribution in [3.05, 3.63) is 48.6 Å². The Hall–Kier alpha value is -1.93. The first-order valence-corrected chi connectivity index (χ1v) is 25.5. The second-order valence-electron chi connectivity index (χ2n) is 17.9. The van der Waals surface area contributed by atoms with E-state index in [1.54, 1.807) is 0 Å². The zero-order valence-electron chi connectivity index (χ0n) is 39.8. The van der Waals surface area contributed by atoms with E-state index in [0.29, 0.717) is 19.3 Å². The molecule has 0 bridgehead atoms. The van der Waals surface area contributed by atoms with Crippen molar-refractivity contribution >= 4 is 5.91 Å². The highest BCUT2D eigenvalue weighted by Crippen LogP contribution is 2.23. The number of aliphatic hydroxyl groups excluding tert-OH is 7. The summed E-state index contributed by atoms with van der Waals surface area (Å²) >= 11 is 0. The maximum Gasteiger partial charge on any atom is 0.249 e. The molecule has 8 N–H and O–H groups in total. The maximum absolute atomic E-state index is 13.1. The first-order valence-electron chi connectivity index (χ1n) is 25.5. The molecule has 9 atom stereocenters. The Labute approximate surface area is 383 Å². The van der Waals surface area contributed by atoms with Crippen LogP contribution in [0, 0.1) is 0 Å². The van der Waals surface area contributed by atoms with Gasteiger partial charge in [0.2, 0.25) is 5.91 Å². The van der Waals surface area contributed by atoms with E-state index < -0.39 is 74.2 Å². The fourth-order valence-electron chi connectivity index (χ4n) is 7.82. The van der Waals surface area contributed by atoms with Gasteiger partial charge in [0, 0.05) is 0 Å². The fourth-order valence-corrected chi connectivity index (χ4v) is 7.82. The Bertz CT molecular complexity index is 1160. The van der Waals surface area contributed by atoms with E-state index in [1.807, 2.05) is 0 Å².